The van der Waals surface area contributed by atoms with E-state index in [1.54, 1.807) is 12.1 Å². The SMILES string of the molecule is CC(Oc1cccc(Cl)c1)C(N)c1ccccc1Cl. The van der Waals surface area contributed by atoms with E-state index in [1.807, 2.05) is 43.3 Å². The summed E-state index contributed by atoms with van der Waals surface area (Å²) in [5, 5.41) is 1.28. The zero-order valence-corrected chi connectivity index (χ0v) is 12.0. The van der Waals surface area contributed by atoms with Gasteiger partial charge in [0.1, 0.15) is 11.9 Å². The van der Waals surface area contributed by atoms with Crippen molar-refractivity contribution >= 4 is 23.2 Å². The first kappa shape index (κ1) is 14.2. The second kappa shape index (κ2) is 6.29. The molecule has 2 nitrogen and oxygen atoms in total. The topological polar surface area (TPSA) is 35.2 Å². The fourth-order valence-electron chi connectivity index (χ4n) is 1.83. The van der Waals surface area contributed by atoms with Gasteiger partial charge in [-0.05, 0) is 36.8 Å². The summed E-state index contributed by atoms with van der Waals surface area (Å²) in [5.41, 5.74) is 7.06. The molecule has 2 aromatic rings. The normalized spacial score (nSPS) is 13.9. The van der Waals surface area contributed by atoms with Crippen LogP contribution in [0, 0.1) is 0 Å². The van der Waals surface area contributed by atoms with Crippen LogP contribution >= 0.6 is 23.2 Å². The van der Waals surface area contributed by atoms with Gasteiger partial charge in [0.15, 0.2) is 0 Å². The lowest BCUT2D eigenvalue weighted by Gasteiger charge is -2.22. The Morgan fingerprint density at radius 2 is 1.79 bits per heavy atom. The van der Waals surface area contributed by atoms with Gasteiger partial charge in [-0.1, -0.05) is 47.5 Å². The quantitative estimate of drug-likeness (QED) is 0.904. The van der Waals surface area contributed by atoms with Crippen molar-refractivity contribution in [3.63, 3.8) is 0 Å². The number of benzene rings is 2. The highest BCUT2D eigenvalue weighted by Crippen LogP contribution is 2.26. The number of rotatable bonds is 4. The van der Waals surface area contributed by atoms with Crippen LogP contribution in [0.4, 0.5) is 0 Å². The van der Waals surface area contributed by atoms with E-state index in [2.05, 4.69) is 0 Å². The summed E-state index contributed by atoms with van der Waals surface area (Å²) < 4.78 is 5.80. The largest absolute Gasteiger partial charge is 0.489 e. The smallest absolute Gasteiger partial charge is 0.121 e. The first-order chi connectivity index (χ1) is 9.08. The molecule has 0 amide bonds. The van der Waals surface area contributed by atoms with Gasteiger partial charge >= 0.3 is 0 Å². The lowest BCUT2D eigenvalue weighted by molar-refractivity contribution is 0.190. The number of hydrogen-bond donors (Lipinski definition) is 1. The Kier molecular flexibility index (Phi) is 4.70. The number of nitrogens with two attached hydrogens (primary N) is 1. The van der Waals surface area contributed by atoms with Crippen molar-refractivity contribution < 1.29 is 4.74 Å². The Morgan fingerprint density at radius 1 is 1.05 bits per heavy atom. The summed E-state index contributed by atoms with van der Waals surface area (Å²) in [7, 11) is 0. The van der Waals surface area contributed by atoms with Crippen LogP contribution in [0.15, 0.2) is 48.5 Å². The van der Waals surface area contributed by atoms with Gasteiger partial charge in [-0.3, -0.25) is 0 Å². The van der Waals surface area contributed by atoms with Crippen LogP contribution in [-0.4, -0.2) is 6.10 Å². The Bertz CT molecular complexity index is 559. The first-order valence-corrected chi connectivity index (χ1v) is 6.76. The van der Waals surface area contributed by atoms with E-state index in [9.17, 15) is 0 Å². The van der Waals surface area contributed by atoms with Crippen LogP contribution in [0.3, 0.4) is 0 Å². The maximum absolute atomic E-state index is 6.18. The average molecular weight is 296 g/mol. The Morgan fingerprint density at radius 3 is 2.47 bits per heavy atom. The van der Waals surface area contributed by atoms with Gasteiger partial charge in [-0.25, -0.2) is 0 Å². The Hall–Kier alpha value is -1.22. The zero-order valence-electron chi connectivity index (χ0n) is 10.5. The average Bonchev–Trinajstić information content (AvgIpc) is 2.38. The van der Waals surface area contributed by atoms with Gasteiger partial charge in [0.2, 0.25) is 0 Å². The maximum atomic E-state index is 6.18. The zero-order chi connectivity index (χ0) is 13.8. The minimum atomic E-state index is -0.298. The maximum Gasteiger partial charge on any atom is 0.121 e. The van der Waals surface area contributed by atoms with Crippen LogP contribution in [-0.2, 0) is 0 Å². The second-order valence-corrected chi connectivity index (χ2v) is 5.17. The molecule has 0 aromatic heterocycles. The third-order valence-corrected chi connectivity index (χ3v) is 3.47. The highest BCUT2D eigenvalue weighted by atomic mass is 35.5. The number of hydrogen-bond acceptors (Lipinski definition) is 2. The minimum absolute atomic E-state index is 0.210. The lowest BCUT2D eigenvalue weighted by Crippen LogP contribution is -2.28. The molecule has 0 radical (unpaired) electrons. The van der Waals surface area contributed by atoms with Crippen molar-refractivity contribution in [2.24, 2.45) is 5.73 Å². The van der Waals surface area contributed by atoms with Crippen molar-refractivity contribution in [2.75, 3.05) is 0 Å². The van der Waals surface area contributed by atoms with E-state index in [1.165, 1.54) is 0 Å². The highest BCUT2D eigenvalue weighted by Gasteiger charge is 2.18. The Labute approximate surface area is 123 Å². The molecule has 0 aliphatic rings. The molecule has 0 aliphatic heterocycles. The van der Waals surface area contributed by atoms with Crippen molar-refractivity contribution in [3.05, 3.63) is 64.1 Å². The van der Waals surface area contributed by atoms with Gasteiger partial charge in [0.25, 0.3) is 0 Å². The minimum Gasteiger partial charge on any atom is -0.489 e. The van der Waals surface area contributed by atoms with E-state index in [4.69, 9.17) is 33.7 Å². The summed E-state index contributed by atoms with van der Waals surface area (Å²) in [5.74, 6) is 0.697. The van der Waals surface area contributed by atoms with E-state index < -0.39 is 0 Å². The lowest BCUT2D eigenvalue weighted by atomic mass is 10.0. The summed E-state index contributed by atoms with van der Waals surface area (Å²) in [6, 6.07) is 14.5. The van der Waals surface area contributed by atoms with Gasteiger partial charge < -0.3 is 10.5 Å². The number of ether oxygens (including phenoxy) is 1. The van der Waals surface area contributed by atoms with Gasteiger partial charge in [0, 0.05) is 10.0 Å². The van der Waals surface area contributed by atoms with Gasteiger partial charge in [-0.15, -0.1) is 0 Å². The number of halogens is 2. The molecule has 0 spiro atoms. The third-order valence-electron chi connectivity index (χ3n) is 2.89. The summed E-state index contributed by atoms with van der Waals surface area (Å²) >= 11 is 12.1. The molecule has 0 saturated heterocycles. The van der Waals surface area contributed by atoms with Crippen LogP contribution in [0.1, 0.15) is 18.5 Å². The third kappa shape index (κ3) is 3.63. The molecule has 0 fully saturated rings. The highest BCUT2D eigenvalue weighted by molar-refractivity contribution is 6.31. The fourth-order valence-corrected chi connectivity index (χ4v) is 2.27. The van der Waals surface area contributed by atoms with E-state index in [-0.39, 0.29) is 12.1 Å². The molecule has 19 heavy (non-hydrogen) atoms. The summed E-state index contributed by atoms with van der Waals surface area (Å²) in [4.78, 5) is 0. The van der Waals surface area contributed by atoms with Crippen molar-refractivity contribution in [1.82, 2.24) is 0 Å². The summed E-state index contributed by atoms with van der Waals surface area (Å²) in [6.45, 7) is 1.91. The van der Waals surface area contributed by atoms with Crippen LogP contribution < -0.4 is 10.5 Å². The van der Waals surface area contributed by atoms with Crippen LogP contribution in [0.25, 0.3) is 0 Å². The molecule has 0 saturated carbocycles. The predicted octanol–water partition coefficient (Wildman–Crippen LogP) is 4.46. The molecule has 0 bridgehead atoms. The molecule has 2 rings (SSSR count). The fraction of sp³-hybridized carbons (Fsp3) is 0.200. The van der Waals surface area contributed by atoms with Crippen molar-refractivity contribution in [2.45, 2.75) is 19.1 Å². The molecule has 0 heterocycles. The summed E-state index contributed by atoms with van der Waals surface area (Å²) in [6.07, 6.45) is -0.210. The molecular weight excluding hydrogens is 281 g/mol. The van der Waals surface area contributed by atoms with E-state index >= 15 is 0 Å². The van der Waals surface area contributed by atoms with Gasteiger partial charge in [-0.2, -0.15) is 0 Å². The van der Waals surface area contributed by atoms with Crippen molar-refractivity contribution in [1.29, 1.82) is 0 Å². The first-order valence-electron chi connectivity index (χ1n) is 6.00. The van der Waals surface area contributed by atoms with E-state index in [0.717, 1.165) is 5.56 Å². The second-order valence-electron chi connectivity index (χ2n) is 4.33. The molecule has 100 valence electrons. The van der Waals surface area contributed by atoms with Crippen LogP contribution in [0.2, 0.25) is 10.0 Å². The Balaban J connectivity index is 2.12. The monoisotopic (exact) mass is 295 g/mol. The molecule has 2 N–H and O–H groups in total. The molecule has 0 aliphatic carbocycles. The van der Waals surface area contributed by atoms with Crippen molar-refractivity contribution in [3.8, 4) is 5.75 Å². The van der Waals surface area contributed by atoms with Crippen LogP contribution in [0.5, 0.6) is 5.75 Å². The molecule has 2 atom stereocenters. The molecule has 4 heteroatoms. The molecule has 2 aromatic carbocycles. The van der Waals surface area contributed by atoms with E-state index in [0.29, 0.717) is 15.8 Å². The molecular formula is C15H15Cl2NO. The van der Waals surface area contributed by atoms with Gasteiger partial charge in [0.05, 0.1) is 6.04 Å². The predicted molar refractivity (Wildman–Crippen MR) is 79.9 cm³/mol. The standard InChI is InChI=1S/C15H15Cl2NO/c1-10(19-12-6-4-5-11(16)9-12)15(18)13-7-2-3-8-14(13)17/h2-10,15H,18H2,1H3. The molecule has 2 unspecified atom stereocenters.